The summed E-state index contributed by atoms with van der Waals surface area (Å²) in [6.07, 6.45) is 1.81. The van der Waals surface area contributed by atoms with Crippen molar-refractivity contribution in [3.05, 3.63) is 23.4 Å². The molecule has 0 radical (unpaired) electrons. The molecule has 0 saturated carbocycles. The van der Waals surface area contributed by atoms with E-state index < -0.39 is 6.10 Å². The predicted octanol–water partition coefficient (Wildman–Crippen LogP) is 3.07. The van der Waals surface area contributed by atoms with Crippen LogP contribution >= 0.6 is 0 Å². The summed E-state index contributed by atoms with van der Waals surface area (Å²) in [5.74, 6) is 1.02. The Morgan fingerprint density at radius 1 is 1.24 bits per heavy atom. The summed E-state index contributed by atoms with van der Waals surface area (Å²) in [5, 5.41) is 9.59. The van der Waals surface area contributed by atoms with Crippen LogP contribution in [-0.4, -0.2) is 23.2 Å². The molecule has 0 aliphatic heterocycles. The highest BCUT2D eigenvalue weighted by atomic mass is 16.3. The van der Waals surface area contributed by atoms with E-state index in [4.69, 9.17) is 0 Å². The molecule has 1 aromatic heterocycles. The second-order valence-electron chi connectivity index (χ2n) is 4.51. The van der Waals surface area contributed by atoms with E-state index in [9.17, 15) is 5.11 Å². The smallest absolute Gasteiger partial charge is 0.128 e. The third-order valence-electron chi connectivity index (χ3n) is 2.87. The van der Waals surface area contributed by atoms with Gasteiger partial charge in [-0.2, -0.15) is 0 Å². The van der Waals surface area contributed by atoms with Crippen molar-refractivity contribution in [2.75, 3.05) is 18.0 Å². The maximum Gasteiger partial charge on any atom is 0.128 e. The molecule has 0 bridgehead atoms. The third kappa shape index (κ3) is 3.70. The number of rotatable bonds is 6. The molecule has 0 spiro atoms. The third-order valence-corrected chi connectivity index (χ3v) is 2.87. The first-order valence-electron chi connectivity index (χ1n) is 6.50. The van der Waals surface area contributed by atoms with Gasteiger partial charge in [-0.15, -0.1) is 0 Å². The summed E-state index contributed by atoms with van der Waals surface area (Å²) in [4.78, 5) is 6.90. The van der Waals surface area contributed by atoms with Crippen molar-refractivity contribution in [2.24, 2.45) is 0 Å². The van der Waals surface area contributed by atoms with Gasteiger partial charge in [-0.1, -0.05) is 19.9 Å². The quantitative estimate of drug-likeness (QED) is 0.824. The average Bonchev–Trinajstić information content (AvgIpc) is 2.28. The standard InChI is InChI=1S/C14H24N2O/c1-5-9-16(10-6-2)14-8-7-13(12(4)17)11(3)15-14/h7-8,12,17H,5-6,9-10H2,1-4H3. The first kappa shape index (κ1) is 14.0. The fourth-order valence-corrected chi connectivity index (χ4v) is 2.06. The second-order valence-corrected chi connectivity index (χ2v) is 4.51. The fourth-order valence-electron chi connectivity index (χ4n) is 2.06. The number of aryl methyl sites for hydroxylation is 1. The van der Waals surface area contributed by atoms with Crippen LogP contribution in [0.3, 0.4) is 0 Å². The van der Waals surface area contributed by atoms with E-state index in [0.717, 1.165) is 43.0 Å². The van der Waals surface area contributed by atoms with Crippen molar-refractivity contribution in [3.8, 4) is 0 Å². The van der Waals surface area contributed by atoms with Crippen molar-refractivity contribution >= 4 is 5.82 Å². The normalized spacial score (nSPS) is 12.5. The van der Waals surface area contributed by atoms with Crippen LogP contribution in [0.4, 0.5) is 5.82 Å². The summed E-state index contributed by atoms with van der Waals surface area (Å²) >= 11 is 0. The topological polar surface area (TPSA) is 36.4 Å². The van der Waals surface area contributed by atoms with Gasteiger partial charge in [-0.05, 0) is 32.8 Å². The number of aliphatic hydroxyl groups is 1. The van der Waals surface area contributed by atoms with Gasteiger partial charge in [-0.3, -0.25) is 0 Å². The second kappa shape index (κ2) is 6.60. The molecule has 0 aliphatic carbocycles. The molecule has 0 saturated heterocycles. The Kier molecular flexibility index (Phi) is 5.42. The summed E-state index contributed by atoms with van der Waals surface area (Å²) in [6, 6.07) is 4.00. The van der Waals surface area contributed by atoms with E-state index in [1.165, 1.54) is 0 Å². The zero-order valence-electron chi connectivity index (χ0n) is 11.4. The van der Waals surface area contributed by atoms with Crippen molar-refractivity contribution in [1.82, 2.24) is 4.98 Å². The lowest BCUT2D eigenvalue weighted by atomic mass is 10.1. The van der Waals surface area contributed by atoms with Gasteiger partial charge in [0.1, 0.15) is 5.82 Å². The maximum atomic E-state index is 9.59. The minimum atomic E-state index is -0.442. The lowest BCUT2D eigenvalue weighted by Gasteiger charge is -2.23. The Hall–Kier alpha value is -1.09. The minimum Gasteiger partial charge on any atom is -0.389 e. The van der Waals surface area contributed by atoms with Gasteiger partial charge in [0, 0.05) is 24.3 Å². The largest absolute Gasteiger partial charge is 0.389 e. The molecule has 3 nitrogen and oxygen atoms in total. The molecule has 0 aliphatic rings. The van der Waals surface area contributed by atoms with Gasteiger partial charge >= 0.3 is 0 Å². The number of anilines is 1. The molecule has 1 heterocycles. The van der Waals surface area contributed by atoms with Crippen molar-refractivity contribution in [2.45, 2.75) is 46.6 Å². The molecule has 0 aromatic carbocycles. The summed E-state index contributed by atoms with van der Waals surface area (Å²) in [6.45, 7) is 10.2. The molecule has 0 amide bonds. The monoisotopic (exact) mass is 236 g/mol. The number of hydrogen-bond acceptors (Lipinski definition) is 3. The van der Waals surface area contributed by atoms with E-state index in [-0.39, 0.29) is 0 Å². The number of aromatic nitrogens is 1. The first-order valence-corrected chi connectivity index (χ1v) is 6.50. The van der Waals surface area contributed by atoms with Crippen LogP contribution in [-0.2, 0) is 0 Å². The maximum absolute atomic E-state index is 9.59. The molecule has 1 rings (SSSR count). The lowest BCUT2D eigenvalue weighted by molar-refractivity contribution is 0.198. The van der Waals surface area contributed by atoms with E-state index in [0.29, 0.717) is 0 Å². The Bertz CT molecular complexity index is 344. The van der Waals surface area contributed by atoms with Crippen LogP contribution in [0.25, 0.3) is 0 Å². The number of aliphatic hydroxyl groups excluding tert-OH is 1. The molecular formula is C14H24N2O. The van der Waals surface area contributed by atoms with E-state index in [1.54, 1.807) is 6.92 Å². The molecule has 96 valence electrons. The molecule has 1 unspecified atom stereocenters. The highest BCUT2D eigenvalue weighted by Gasteiger charge is 2.10. The van der Waals surface area contributed by atoms with Gasteiger partial charge in [0.15, 0.2) is 0 Å². The van der Waals surface area contributed by atoms with Crippen LogP contribution in [0.15, 0.2) is 12.1 Å². The van der Waals surface area contributed by atoms with Crippen molar-refractivity contribution in [3.63, 3.8) is 0 Å². The molecule has 17 heavy (non-hydrogen) atoms. The average molecular weight is 236 g/mol. The van der Waals surface area contributed by atoms with Crippen LogP contribution in [0, 0.1) is 6.92 Å². The van der Waals surface area contributed by atoms with E-state index >= 15 is 0 Å². The zero-order valence-corrected chi connectivity index (χ0v) is 11.4. The molecule has 1 N–H and O–H groups in total. The van der Waals surface area contributed by atoms with Crippen LogP contribution in [0.5, 0.6) is 0 Å². The molecule has 3 heteroatoms. The minimum absolute atomic E-state index is 0.442. The first-order chi connectivity index (χ1) is 8.10. The highest BCUT2D eigenvalue weighted by molar-refractivity contribution is 5.42. The predicted molar refractivity (Wildman–Crippen MR) is 72.4 cm³/mol. The zero-order chi connectivity index (χ0) is 12.8. The van der Waals surface area contributed by atoms with Gasteiger partial charge in [0.25, 0.3) is 0 Å². The van der Waals surface area contributed by atoms with Crippen molar-refractivity contribution in [1.29, 1.82) is 0 Å². The van der Waals surface area contributed by atoms with Gasteiger partial charge in [0.05, 0.1) is 6.10 Å². The molecule has 1 atom stereocenters. The highest BCUT2D eigenvalue weighted by Crippen LogP contribution is 2.20. The Morgan fingerprint density at radius 3 is 2.24 bits per heavy atom. The van der Waals surface area contributed by atoms with Gasteiger partial charge in [-0.25, -0.2) is 4.98 Å². The number of hydrogen-bond donors (Lipinski definition) is 1. The summed E-state index contributed by atoms with van der Waals surface area (Å²) in [7, 11) is 0. The fraction of sp³-hybridized carbons (Fsp3) is 0.643. The van der Waals surface area contributed by atoms with Crippen LogP contribution < -0.4 is 4.90 Å². The summed E-state index contributed by atoms with van der Waals surface area (Å²) in [5.41, 5.74) is 1.84. The molecular weight excluding hydrogens is 212 g/mol. The van der Waals surface area contributed by atoms with E-state index in [2.05, 4.69) is 23.7 Å². The Balaban J connectivity index is 2.93. The van der Waals surface area contributed by atoms with Crippen LogP contribution in [0.2, 0.25) is 0 Å². The molecule has 0 fully saturated rings. The Morgan fingerprint density at radius 2 is 1.82 bits per heavy atom. The summed E-state index contributed by atoms with van der Waals surface area (Å²) < 4.78 is 0. The number of nitrogens with zero attached hydrogens (tertiary/aromatic N) is 2. The SMILES string of the molecule is CCCN(CCC)c1ccc(C(C)O)c(C)n1. The molecule has 1 aromatic rings. The van der Waals surface area contributed by atoms with Crippen molar-refractivity contribution < 1.29 is 5.11 Å². The van der Waals surface area contributed by atoms with Gasteiger partial charge < -0.3 is 10.0 Å². The van der Waals surface area contributed by atoms with E-state index in [1.807, 2.05) is 19.1 Å². The number of pyridine rings is 1. The van der Waals surface area contributed by atoms with Gasteiger partial charge in [0.2, 0.25) is 0 Å². The Labute approximate surface area is 104 Å². The van der Waals surface area contributed by atoms with Crippen LogP contribution in [0.1, 0.15) is 51.0 Å². The lowest BCUT2D eigenvalue weighted by Crippen LogP contribution is -2.26.